The van der Waals surface area contributed by atoms with E-state index in [4.69, 9.17) is 0 Å². The number of rotatable bonds is 3. The van der Waals surface area contributed by atoms with Crippen molar-refractivity contribution in [3.63, 3.8) is 0 Å². The molecule has 20 heavy (non-hydrogen) atoms. The van der Waals surface area contributed by atoms with Crippen LogP contribution in [0.2, 0.25) is 0 Å². The lowest BCUT2D eigenvalue weighted by Crippen LogP contribution is -2.36. The van der Waals surface area contributed by atoms with Crippen LogP contribution in [0.4, 0.5) is 0 Å². The van der Waals surface area contributed by atoms with E-state index in [1.807, 2.05) is 60.8 Å². The minimum Gasteiger partial charge on any atom is -0.502 e. The summed E-state index contributed by atoms with van der Waals surface area (Å²) in [5.41, 5.74) is 3.07. The van der Waals surface area contributed by atoms with Crippen molar-refractivity contribution in [3.8, 4) is 17.0 Å². The predicted molar refractivity (Wildman–Crippen MR) is 79.3 cm³/mol. The summed E-state index contributed by atoms with van der Waals surface area (Å²) in [6.07, 6.45) is 2.00. The van der Waals surface area contributed by atoms with Gasteiger partial charge < -0.3 is 5.11 Å². The summed E-state index contributed by atoms with van der Waals surface area (Å²) in [5.74, 6) is 0.301. The first-order chi connectivity index (χ1) is 9.84. The monoisotopic (exact) mass is 262 g/mol. The van der Waals surface area contributed by atoms with E-state index in [9.17, 15) is 5.11 Å². The van der Waals surface area contributed by atoms with Gasteiger partial charge in [0.05, 0.1) is 5.56 Å². The minimum absolute atomic E-state index is 0.301. The molecule has 98 valence electrons. The van der Waals surface area contributed by atoms with Crippen LogP contribution in [-0.4, -0.2) is 5.11 Å². The van der Waals surface area contributed by atoms with Crippen LogP contribution in [0.15, 0.2) is 79.0 Å². The van der Waals surface area contributed by atoms with Crippen LogP contribution in [-0.2, 0) is 6.54 Å². The van der Waals surface area contributed by atoms with Gasteiger partial charge in [-0.15, -0.1) is 0 Å². The quantitative estimate of drug-likeness (QED) is 0.719. The molecule has 0 spiro atoms. The third-order valence-corrected chi connectivity index (χ3v) is 3.29. The molecule has 3 rings (SSSR count). The fourth-order valence-corrected chi connectivity index (χ4v) is 2.36. The zero-order valence-electron chi connectivity index (χ0n) is 11.1. The molecule has 2 heteroatoms. The van der Waals surface area contributed by atoms with Crippen LogP contribution in [0.1, 0.15) is 5.56 Å². The molecule has 0 atom stereocenters. The Hall–Kier alpha value is -2.61. The lowest BCUT2D eigenvalue weighted by molar-refractivity contribution is -0.677. The molecule has 0 saturated heterocycles. The summed E-state index contributed by atoms with van der Waals surface area (Å²) < 4.78 is 2.07. The first kappa shape index (κ1) is 12.4. The maximum atomic E-state index is 10.2. The second-order valence-electron chi connectivity index (χ2n) is 4.72. The lowest BCUT2D eigenvalue weighted by Gasteiger charge is -2.06. The first-order valence-corrected chi connectivity index (χ1v) is 6.65. The number of aromatic nitrogens is 1. The number of aromatic hydroxyl groups is 1. The molecule has 0 aliphatic heterocycles. The van der Waals surface area contributed by atoms with Crippen molar-refractivity contribution >= 4 is 0 Å². The van der Waals surface area contributed by atoms with Gasteiger partial charge in [0.15, 0.2) is 18.5 Å². The molecule has 0 radical (unpaired) electrons. The van der Waals surface area contributed by atoms with Gasteiger partial charge in [-0.25, -0.2) is 0 Å². The number of hydrogen-bond acceptors (Lipinski definition) is 1. The van der Waals surface area contributed by atoms with E-state index in [0.29, 0.717) is 5.75 Å². The molecule has 1 N–H and O–H groups in total. The highest BCUT2D eigenvalue weighted by Crippen LogP contribution is 2.24. The van der Waals surface area contributed by atoms with Gasteiger partial charge >= 0.3 is 0 Å². The van der Waals surface area contributed by atoms with Gasteiger partial charge in [0.1, 0.15) is 0 Å². The van der Waals surface area contributed by atoms with Crippen molar-refractivity contribution in [2.45, 2.75) is 6.54 Å². The highest BCUT2D eigenvalue weighted by molar-refractivity contribution is 5.62. The summed E-state index contributed by atoms with van der Waals surface area (Å²) >= 11 is 0. The summed E-state index contributed by atoms with van der Waals surface area (Å²) in [7, 11) is 0. The van der Waals surface area contributed by atoms with E-state index in [-0.39, 0.29) is 0 Å². The Bertz CT molecular complexity index is 693. The minimum atomic E-state index is 0.301. The van der Waals surface area contributed by atoms with Crippen molar-refractivity contribution in [3.05, 3.63) is 84.6 Å². The van der Waals surface area contributed by atoms with E-state index >= 15 is 0 Å². The topological polar surface area (TPSA) is 24.1 Å². The van der Waals surface area contributed by atoms with Crippen LogP contribution < -0.4 is 4.57 Å². The molecule has 0 unspecified atom stereocenters. The fraction of sp³-hybridized carbons (Fsp3) is 0.0556. The molecule has 1 aromatic heterocycles. The Kier molecular flexibility index (Phi) is 3.46. The van der Waals surface area contributed by atoms with Gasteiger partial charge in [0.25, 0.3) is 5.69 Å². The third-order valence-electron chi connectivity index (χ3n) is 3.29. The number of nitrogens with zero attached hydrogens (tertiary/aromatic N) is 1. The van der Waals surface area contributed by atoms with Crippen LogP contribution in [0, 0.1) is 0 Å². The van der Waals surface area contributed by atoms with Gasteiger partial charge in [-0.05, 0) is 18.2 Å². The highest BCUT2D eigenvalue weighted by Gasteiger charge is 2.17. The molecule has 0 aliphatic carbocycles. The summed E-state index contributed by atoms with van der Waals surface area (Å²) in [6, 6.07) is 23.8. The van der Waals surface area contributed by atoms with Crippen LogP contribution in [0.25, 0.3) is 11.3 Å². The van der Waals surface area contributed by atoms with E-state index in [1.165, 1.54) is 5.56 Å². The van der Waals surface area contributed by atoms with Crippen molar-refractivity contribution < 1.29 is 9.67 Å². The van der Waals surface area contributed by atoms with Gasteiger partial charge in [-0.2, -0.15) is 4.57 Å². The van der Waals surface area contributed by atoms with Crippen LogP contribution in [0.5, 0.6) is 5.75 Å². The second kappa shape index (κ2) is 5.57. The van der Waals surface area contributed by atoms with E-state index in [0.717, 1.165) is 17.8 Å². The Labute approximate surface area is 118 Å². The lowest BCUT2D eigenvalue weighted by atomic mass is 10.1. The van der Waals surface area contributed by atoms with E-state index in [1.54, 1.807) is 6.07 Å². The standard InChI is InChI=1S/C18H15NO/c20-17-12-7-13-19(14-15-8-3-1-4-9-15)18(17)16-10-5-2-6-11-16/h1-13H,14H2/p+1. The Morgan fingerprint density at radius 1 is 0.750 bits per heavy atom. The van der Waals surface area contributed by atoms with Crippen molar-refractivity contribution in [2.75, 3.05) is 0 Å². The van der Waals surface area contributed by atoms with Crippen molar-refractivity contribution in [1.82, 2.24) is 0 Å². The van der Waals surface area contributed by atoms with Gasteiger partial charge in [0, 0.05) is 11.6 Å². The number of hydrogen-bond donors (Lipinski definition) is 1. The average Bonchev–Trinajstić information content (AvgIpc) is 2.49. The molecular formula is C18H16NO+. The predicted octanol–water partition coefficient (Wildman–Crippen LogP) is 3.40. The largest absolute Gasteiger partial charge is 0.502 e. The van der Waals surface area contributed by atoms with Crippen LogP contribution >= 0.6 is 0 Å². The molecule has 0 saturated carbocycles. The van der Waals surface area contributed by atoms with Gasteiger partial charge in [-0.3, -0.25) is 0 Å². The molecule has 0 fully saturated rings. The normalized spacial score (nSPS) is 10.4. The van der Waals surface area contributed by atoms with Gasteiger partial charge in [-0.1, -0.05) is 48.5 Å². The fourth-order valence-electron chi connectivity index (χ4n) is 2.36. The molecule has 0 amide bonds. The van der Waals surface area contributed by atoms with E-state index < -0.39 is 0 Å². The zero-order chi connectivity index (χ0) is 13.8. The highest BCUT2D eigenvalue weighted by atomic mass is 16.3. The van der Waals surface area contributed by atoms with Gasteiger partial charge in [0.2, 0.25) is 0 Å². The molecule has 0 bridgehead atoms. The average molecular weight is 262 g/mol. The zero-order valence-corrected chi connectivity index (χ0v) is 11.1. The molecule has 3 aromatic rings. The molecule has 2 nitrogen and oxygen atoms in total. The Morgan fingerprint density at radius 2 is 1.40 bits per heavy atom. The third kappa shape index (κ3) is 2.54. The number of benzene rings is 2. The molecular weight excluding hydrogens is 246 g/mol. The molecule has 1 heterocycles. The molecule has 2 aromatic carbocycles. The maximum absolute atomic E-state index is 10.2. The van der Waals surface area contributed by atoms with E-state index in [2.05, 4.69) is 16.7 Å². The first-order valence-electron chi connectivity index (χ1n) is 6.65. The maximum Gasteiger partial charge on any atom is 0.254 e. The summed E-state index contributed by atoms with van der Waals surface area (Å²) in [4.78, 5) is 0. The SMILES string of the molecule is Oc1ccc[n+](Cc2ccccc2)c1-c1ccccc1. The Morgan fingerprint density at radius 3 is 2.10 bits per heavy atom. The Balaban J connectivity index is 2.06. The molecule has 0 aliphatic rings. The number of pyridine rings is 1. The van der Waals surface area contributed by atoms with Crippen molar-refractivity contribution in [2.24, 2.45) is 0 Å². The summed E-state index contributed by atoms with van der Waals surface area (Å²) in [6.45, 7) is 0.736. The smallest absolute Gasteiger partial charge is 0.254 e. The van der Waals surface area contributed by atoms with Crippen LogP contribution in [0.3, 0.4) is 0 Å². The van der Waals surface area contributed by atoms with Crippen molar-refractivity contribution in [1.29, 1.82) is 0 Å². The summed E-state index contributed by atoms with van der Waals surface area (Å²) in [5, 5.41) is 10.2. The second-order valence-corrected chi connectivity index (χ2v) is 4.72.